The average molecular weight is 301 g/mol. The lowest BCUT2D eigenvalue weighted by molar-refractivity contribution is 0.672. The van der Waals surface area contributed by atoms with E-state index in [0.717, 1.165) is 11.3 Å². The molecular weight excluding hydrogens is 284 g/mol. The fourth-order valence-electron chi connectivity index (χ4n) is 2.04. The van der Waals surface area contributed by atoms with Crippen molar-refractivity contribution in [2.75, 3.05) is 10.6 Å². The van der Waals surface area contributed by atoms with Crippen LogP contribution >= 0.6 is 11.6 Å². The number of halogens is 1. The molecule has 0 unspecified atom stereocenters. The monoisotopic (exact) mass is 300 g/mol. The van der Waals surface area contributed by atoms with Crippen molar-refractivity contribution in [1.82, 2.24) is 4.98 Å². The van der Waals surface area contributed by atoms with Gasteiger partial charge in [-0.25, -0.2) is 4.98 Å². The zero-order valence-electron chi connectivity index (χ0n) is 12.0. The summed E-state index contributed by atoms with van der Waals surface area (Å²) in [5, 5.41) is 9.48. The minimum Gasteiger partial charge on any atom is -0.399 e. The molecule has 1 aromatic carbocycles. The van der Waals surface area contributed by atoms with Crippen LogP contribution in [0.4, 0.5) is 11.5 Å². The number of nitriles is 1. The SMILES string of the molecule is CC(C)N(Cc1ccc(N)cc1)c1nccc(C#N)c1Cl. The van der Waals surface area contributed by atoms with Crippen molar-refractivity contribution in [2.24, 2.45) is 0 Å². The maximum Gasteiger partial charge on any atom is 0.149 e. The maximum atomic E-state index is 9.09. The van der Waals surface area contributed by atoms with Crippen LogP contribution in [0.2, 0.25) is 5.02 Å². The van der Waals surface area contributed by atoms with Gasteiger partial charge in [0.1, 0.15) is 16.9 Å². The molecule has 0 atom stereocenters. The molecule has 0 saturated carbocycles. The van der Waals surface area contributed by atoms with Crippen LogP contribution in [0.5, 0.6) is 0 Å². The Kier molecular flexibility index (Phi) is 4.66. The van der Waals surface area contributed by atoms with E-state index in [4.69, 9.17) is 22.6 Å². The molecular formula is C16H17ClN4. The number of hydrogen-bond donors (Lipinski definition) is 1. The Balaban J connectivity index is 2.36. The minimum atomic E-state index is 0.196. The van der Waals surface area contributed by atoms with Crippen molar-refractivity contribution in [3.8, 4) is 6.07 Å². The van der Waals surface area contributed by atoms with Crippen LogP contribution in [0.1, 0.15) is 25.0 Å². The molecule has 0 saturated heterocycles. The summed E-state index contributed by atoms with van der Waals surface area (Å²) in [5.41, 5.74) is 7.99. The molecule has 2 aromatic rings. The van der Waals surface area contributed by atoms with E-state index in [9.17, 15) is 0 Å². The largest absolute Gasteiger partial charge is 0.399 e. The molecule has 0 radical (unpaired) electrons. The summed E-state index contributed by atoms with van der Waals surface area (Å²) in [7, 11) is 0. The fraction of sp³-hybridized carbons (Fsp3) is 0.250. The van der Waals surface area contributed by atoms with Crippen molar-refractivity contribution in [3.63, 3.8) is 0 Å². The maximum absolute atomic E-state index is 9.09. The summed E-state index contributed by atoms with van der Waals surface area (Å²) >= 11 is 6.29. The zero-order valence-corrected chi connectivity index (χ0v) is 12.8. The van der Waals surface area contributed by atoms with Gasteiger partial charge >= 0.3 is 0 Å². The minimum absolute atomic E-state index is 0.196. The summed E-state index contributed by atoms with van der Waals surface area (Å²) in [5.74, 6) is 0.627. The second-order valence-corrected chi connectivity index (χ2v) is 5.45. The molecule has 21 heavy (non-hydrogen) atoms. The smallest absolute Gasteiger partial charge is 0.149 e. The van der Waals surface area contributed by atoms with E-state index < -0.39 is 0 Å². The van der Waals surface area contributed by atoms with E-state index in [1.165, 1.54) is 0 Å². The normalized spacial score (nSPS) is 10.4. The Morgan fingerprint density at radius 3 is 2.52 bits per heavy atom. The highest BCUT2D eigenvalue weighted by atomic mass is 35.5. The third-order valence-electron chi connectivity index (χ3n) is 3.22. The fourth-order valence-corrected chi connectivity index (χ4v) is 2.30. The van der Waals surface area contributed by atoms with Crippen molar-refractivity contribution in [1.29, 1.82) is 5.26 Å². The molecule has 0 aliphatic carbocycles. The molecule has 0 spiro atoms. The molecule has 0 bridgehead atoms. The highest BCUT2D eigenvalue weighted by Gasteiger charge is 2.18. The third kappa shape index (κ3) is 3.45. The number of anilines is 2. The average Bonchev–Trinajstić information content (AvgIpc) is 2.47. The highest BCUT2D eigenvalue weighted by Crippen LogP contribution is 2.29. The molecule has 5 heteroatoms. The summed E-state index contributed by atoms with van der Waals surface area (Å²) in [6.45, 7) is 4.78. The first-order chi connectivity index (χ1) is 10.0. The van der Waals surface area contributed by atoms with Crippen LogP contribution < -0.4 is 10.6 Å². The topological polar surface area (TPSA) is 65.9 Å². The van der Waals surface area contributed by atoms with Gasteiger partial charge in [0.05, 0.1) is 5.56 Å². The molecule has 0 aliphatic rings. The lowest BCUT2D eigenvalue weighted by Gasteiger charge is -2.29. The zero-order chi connectivity index (χ0) is 15.4. The number of pyridine rings is 1. The number of nitrogens with zero attached hydrogens (tertiary/aromatic N) is 3. The van der Waals surface area contributed by atoms with Crippen molar-refractivity contribution >= 4 is 23.1 Å². The highest BCUT2D eigenvalue weighted by molar-refractivity contribution is 6.34. The van der Waals surface area contributed by atoms with Crippen LogP contribution in [0, 0.1) is 11.3 Å². The first kappa shape index (κ1) is 15.1. The third-order valence-corrected chi connectivity index (χ3v) is 3.59. The van der Waals surface area contributed by atoms with Gasteiger partial charge in [0.15, 0.2) is 0 Å². The van der Waals surface area contributed by atoms with Gasteiger partial charge in [0.2, 0.25) is 0 Å². The van der Waals surface area contributed by atoms with E-state index in [1.807, 2.05) is 24.3 Å². The van der Waals surface area contributed by atoms with Gasteiger partial charge in [-0.15, -0.1) is 0 Å². The Morgan fingerprint density at radius 2 is 1.95 bits per heavy atom. The van der Waals surface area contributed by atoms with Gasteiger partial charge in [-0.1, -0.05) is 23.7 Å². The molecule has 4 nitrogen and oxygen atoms in total. The second-order valence-electron chi connectivity index (χ2n) is 5.07. The summed E-state index contributed by atoms with van der Waals surface area (Å²) in [4.78, 5) is 6.40. The van der Waals surface area contributed by atoms with Crippen molar-refractivity contribution in [3.05, 3.63) is 52.7 Å². The van der Waals surface area contributed by atoms with Gasteiger partial charge in [-0.05, 0) is 37.6 Å². The Morgan fingerprint density at radius 1 is 1.29 bits per heavy atom. The van der Waals surface area contributed by atoms with Gasteiger partial charge in [-0.2, -0.15) is 5.26 Å². The predicted molar refractivity (Wildman–Crippen MR) is 86.1 cm³/mol. The van der Waals surface area contributed by atoms with Crippen LogP contribution in [-0.4, -0.2) is 11.0 Å². The number of benzene rings is 1. The number of hydrogen-bond acceptors (Lipinski definition) is 4. The van der Waals surface area contributed by atoms with Gasteiger partial charge in [-0.3, -0.25) is 0 Å². The van der Waals surface area contributed by atoms with Crippen LogP contribution in [0.15, 0.2) is 36.5 Å². The van der Waals surface area contributed by atoms with Crippen molar-refractivity contribution < 1.29 is 0 Å². The first-order valence-corrected chi connectivity index (χ1v) is 7.06. The van der Waals surface area contributed by atoms with E-state index in [2.05, 4.69) is 29.8 Å². The Hall–Kier alpha value is -2.25. The molecule has 0 aliphatic heterocycles. The molecule has 0 amide bonds. The lowest BCUT2D eigenvalue weighted by atomic mass is 10.1. The number of nitrogen functional groups attached to an aromatic ring is 1. The molecule has 0 fully saturated rings. The standard InChI is InChI=1S/C16H17ClN4/c1-11(2)21(10-12-3-5-14(19)6-4-12)16-15(17)13(9-18)7-8-20-16/h3-8,11H,10,19H2,1-2H3. The number of rotatable bonds is 4. The van der Waals surface area contributed by atoms with Crippen molar-refractivity contribution in [2.45, 2.75) is 26.4 Å². The molecule has 108 valence electrons. The van der Waals surface area contributed by atoms with E-state index in [1.54, 1.807) is 12.3 Å². The van der Waals surface area contributed by atoms with E-state index in [-0.39, 0.29) is 6.04 Å². The lowest BCUT2D eigenvalue weighted by Crippen LogP contribution is -2.31. The number of aromatic nitrogens is 1. The van der Waals surface area contributed by atoms with E-state index >= 15 is 0 Å². The van der Waals surface area contributed by atoms with E-state index in [0.29, 0.717) is 22.9 Å². The quantitative estimate of drug-likeness (QED) is 0.876. The Bertz CT molecular complexity index is 659. The van der Waals surface area contributed by atoms with Gasteiger partial charge < -0.3 is 10.6 Å². The molecule has 1 aromatic heterocycles. The second kappa shape index (κ2) is 6.47. The molecule has 1 heterocycles. The Labute approximate surface area is 129 Å². The van der Waals surface area contributed by atoms with Crippen LogP contribution in [0.3, 0.4) is 0 Å². The number of nitrogens with two attached hydrogens (primary N) is 1. The summed E-state index contributed by atoms with van der Waals surface area (Å²) < 4.78 is 0. The van der Waals surface area contributed by atoms with Gasteiger partial charge in [0.25, 0.3) is 0 Å². The first-order valence-electron chi connectivity index (χ1n) is 6.68. The predicted octanol–water partition coefficient (Wildman–Crippen LogP) is 3.60. The molecule has 2 N–H and O–H groups in total. The summed E-state index contributed by atoms with van der Waals surface area (Å²) in [6, 6.07) is 11.6. The van der Waals surface area contributed by atoms with Crippen LogP contribution in [-0.2, 0) is 6.54 Å². The van der Waals surface area contributed by atoms with Crippen LogP contribution in [0.25, 0.3) is 0 Å². The summed E-state index contributed by atoms with van der Waals surface area (Å²) in [6.07, 6.45) is 1.61. The molecule has 2 rings (SSSR count). The van der Waals surface area contributed by atoms with Gasteiger partial charge in [0, 0.05) is 24.5 Å².